The van der Waals surface area contributed by atoms with Crippen LogP contribution in [0.3, 0.4) is 0 Å². The summed E-state index contributed by atoms with van der Waals surface area (Å²) in [7, 11) is 1.73. The number of allylic oxidation sites excluding steroid dienone is 2. The number of nitrogen functional groups attached to an aromatic ring is 1. The van der Waals surface area contributed by atoms with Crippen molar-refractivity contribution in [3.05, 3.63) is 47.6 Å². The molecule has 6 rings (SSSR count). The third-order valence-electron chi connectivity index (χ3n) is 11.5. The number of piperazine rings is 1. The van der Waals surface area contributed by atoms with Crippen LogP contribution < -0.4 is 22.1 Å². The lowest BCUT2D eigenvalue weighted by atomic mass is 9.94. The molecular formula is C42H62N12O9S. The zero-order valence-electron chi connectivity index (χ0n) is 36.7. The molecule has 1 aliphatic heterocycles. The number of hydrogen-bond donors (Lipinski definition) is 6. The summed E-state index contributed by atoms with van der Waals surface area (Å²) < 4.78 is 21.0. The van der Waals surface area contributed by atoms with Crippen LogP contribution in [-0.2, 0) is 53.0 Å². The fourth-order valence-corrected chi connectivity index (χ4v) is 9.28. The first-order chi connectivity index (χ1) is 30.9. The number of aromatic nitrogens is 6. The maximum absolute atomic E-state index is 12.9. The lowest BCUT2D eigenvalue weighted by Gasteiger charge is -2.35. The average molecular weight is 911 g/mol. The Morgan fingerprint density at radius 2 is 1.84 bits per heavy atom. The summed E-state index contributed by atoms with van der Waals surface area (Å²) in [6, 6.07) is 1.98. The zero-order chi connectivity index (χ0) is 45.6. The highest BCUT2D eigenvalue weighted by atomic mass is 32.2. The Labute approximate surface area is 376 Å². The van der Waals surface area contributed by atoms with E-state index in [-0.39, 0.29) is 30.7 Å². The predicted octanol–water partition coefficient (Wildman–Crippen LogP) is 1.70. The van der Waals surface area contributed by atoms with Crippen LogP contribution >= 0.6 is 11.8 Å². The molecule has 0 bridgehead atoms. The Balaban J connectivity index is 0.822. The van der Waals surface area contributed by atoms with E-state index in [0.717, 1.165) is 92.8 Å². The number of carbonyl (C=O) groups excluding carboxylic acids is 2. The van der Waals surface area contributed by atoms with E-state index in [4.69, 9.17) is 25.7 Å². The Morgan fingerprint density at radius 1 is 1.06 bits per heavy atom. The summed E-state index contributed by atoms with van der Waals surface area (Å²) in [4.78, 5) is 61.6. The van der Waals surface area contributed by atoms with Gasteiger partial charge in [0.1, 0.15) is 22.5 Å². The van der Waals surface area contributed by atoms with Gasteiger partial charge in [-0.3, -0.25) is 24.1 Å². The highest BCUT2D eigenvalue weighted by Crippen LogP contribution is 2.46. The molecule has 0 aromatic carbocycles. The molecule has 8 N–H and O–H groups in total. The third-order valence-corrected chi connectivity index (χ3v) is 13.1. The Hall–Kier alpha value is -5.29. The molecule has 22 heteroatoms. The lowest BCUT2D eigenvalue weighted by Crippen LogP contribution is -2.49. The van der Waals surface area contributed by atoms with Crippen LogP contribution in [0.4, 0.5) is 11.8 Å². The van der Waals surface area contributed by atoms with E-state index >= 15 is 0 Å². The van der Waals surface area contributed by atoms with Gasteiger partial charge in [-0.05, 0) is 37.0 Å². The van der Waals surface area contributed by atoms with Crippen LogP contribution in [0.2, 0.25) is 0 Å². The zero-order valence-corrected chi connectivity index (χ0v) is 37.5. The van der Waals surface area contributed by atoms with E-state index in [1.807, 2.05) is 17.2 Å². The second-order valence-corrected chi connectivity index (χ2v) is 17.7. The van der Waals surface area contributed by atoms with Gasteiger partial charge in [-0.15, -0.1) is 16.9 Å². The van der Waals surface area contributed by atoms with Crippen molar-refractivity contribution in [1.82, 2.24) is 44.6 Å². The van der Waals surface area contributed by atoms with Crippen molar-refractivity contribution < 1.29 is 43.6 Å². The standard InChI is InChI=1S/C42H62N12O9S/c1-3-4-5-10-45-38-37-31(47-41(43)48-38)8-11-53(37)26-29-7-6-28(21-32(29)61-2)25-51-12-14-52(15-13-51)35(55)9-17-62-19-20-63-18-16-54-27-30(49-50-54)24-46-39(58)33(22-36(56)57)64-34-23-42(34,44)40(59)60/h6,8,11,21,27,29,33-34H,3-5,7,9-10,12-20,22-26,44H2,1-2H3,(H,46,58)(H,56,57)(H,59,60)(H3,43,45,47,48). The van der Waals surface area contributed by atoms with E-state index in [0.29, 0.717) is 58.2 Å². The SMILES string of the molecule is CCCCCNc1nc(N)nc2ccn(CC3CC=C(CN4CCN(C(=O)CCOCCOCCn5cc(CNC(=O)C(CC(=O)O)SC6CC6(N)C(=O)O)nn5)CC4)C=C3OC)c12. The summed E-state index contributed by atoms with van der Waals surface area (Å²) in [5, 5.41) is 31.1. The second-order valence-electron chi connectivity index (χ2n) is 16.3. The maximum Gasteiger partial charge on any atom is 0.324 e. The van der Waals surface area contributed by atoms with Crippen LogP contribution in [0.1, 0.15) is 57.6 Å². The van der Waals surface area contributed by atoms with Crippen molar-refractivity contribution in [2.24, 2.45) is 11.7 Å². The number of rotatable bonds is 27. The minimum atomic E-state index is -1.45. The van der Waals surface area contributed by atoms with Gasteiger partial charge in [-0.1, -0.05) is 31.1 Å². The normalized spacial score (nSPS) is 20.4. The largest absolute Gasteiger partial charge is 0.501 e. The molecule has 0 spiro atoms. The van der Waals surface area contributed by atoms with Crippen molar-refractivity contribution in [2.45, 2.75) is 87.5 Å². The molecule has 1 saturated carbocycles. The number of ether oxygens (including phenoxy) is 3. The van der Waals surface area contributed by atoms with Crippen molar-refractivity contribution in [1.29, 1.82) is 0 Å². The summed E-state index contributed by atoms with van der Waals surface area (Å²) >= 11 is 0.960. The van der Waals surface area contributed by atoms with Crippen LogP contribution in [0.5, 0.6) is 0 Å². The summed E-state index contributed by atoms with van der Waals surface area (Å²) in [6.45, 7) is 9.12. The van der Waals surface area contributed by atoms with Crippen LogP contribution in [0.15, 0.2) is 41.9 Å². The average Bonchev–Trinajstić information content (AvgIpc) is 3.52. The van der Waals surface area contributed by atoms with Gasteiger partial charge < -0.3 is 56.0 Å². The van der Waals surface area contributed by atoms with Crippen LogP contribution in [-0.4, -0.2) is 162 Å². The number of amides is 2. The second kappa shape index (κ2) is 23.1. The molecule has 0 radical (unpaired) electrons. The molecule has 21 nitrogen and oxygen atoms in total. The van der Waals surface area contributed by atoms with Gasteiger partial charge in [0.2, 0.25) is 17.8 Å². The number of unbranched alkanes of at least 4 members (excludes halogenated alkanes) is 2. The Kier molecular flexibility index (Phi) is 17.4. The summed E-state index contributed by atoms with van der Waals surface area (Å²) in [5.41, 5.74) is 13.8. The summed E-state index contributed by atoms with van der Waals surface area (Å²) in [5.74, 6) is -0.710. The first-order valence-corrected chi connectivity index (χ1v) is 22.8. The van der Waals surface area contributed by atoms with E-state index in [2.05, 4.69) is 59.5 Å². The molecule has 64 heavy (non-hydrogen) atoms. The first-order valence-electron chi connectivity index (χ1n) is 21.9. The number of hydrogen-bond acceptors (Lipinski definition) is 16. The van der Waals surface area contributed by atoms with Crippen molar-refractivity contribution in [3.63, 3.8) is 0 Å². The Morgan fingerprint density at radius 3 is 2.56 bits per heavy atom. The van der Waals surface area contributed by atoms with E-state index in [1.165, 1.54) is 5.57 Å². The van der Waals surface area contributed by atoms with Gasteiger partial charge in [0.25, 0.3) is 0 Å². The lowest BCUT2D eigenvalue weighted by molar-refractivity contribution is -0.139. The van der Waals surface area contributed by atoms with Crippen LogP contribution in [0.25, 0.3) is 11.0 Å². The molecule has 2 fully saturated rings. The van der Waals surface area contributed by atoms with Gasteiger partial charge in [0.05, 0.1) is 76.4 Å². The number of nitrogens with one attached hydrogen (secondary N) is 2. The number of carboxylic acid groups (broad SMARTS) is 2. The number of nitrogens with two attached hydrogens (primary N) is 2. The molecular weight excluding hydrogens is 849 g/mol. The molecule has 2 aliphatic carbocycles. The van der Waals surface area contributed by atoms with Crippen molar-refractivity contribution >= 4 is 58.3 Å². The minimum absolute atomic E-state index is 0.0173. The highest BCUT2D eigenvalue weighted by molar-refractivity contribution is 8.01. The number of nitrogens with zero attached hydrogens (tertiary/aromatic N) is 8. The Bertz CT molecular complexity index is 2140. The summed E-state index contributed by atoms with van der Waals surface area (Å²) in [6.07, 6.45) is 12.3. The molecule has 3 aliphatic rings. The number of carbonyl (C=O) groups is 4. The molecule has 2 amide bonds. The van der Waals surface area contributed by atoms with E-state index < -0.39 is 40.3 Å². The highest BCUT2D eigenvalue weighted by Gasteiger charge is 2.59. The topological polar surface area (TPSA) is 280 Å². The smallest absolute Gasteiger partial charge is 0.324 e. The molecule has 3 aromatic rings. The minimum Gasteiger partial charge on any atom is -0.501 e. The number of anilines is 2. The fraction of sp³-hybridized carbons (Fsp3) is 0.619. The number of carboxylic acids is 2. The maximum atomic E-state index is 12.9. The van der Waals surface area contributed by atoms with Gasteiger partial charge in [-0.25, -0.2) is 9.67 Å². The van der Waals surface area contributed by atoms with E-state index in [9.17, 15) is 29.4 Å². The molecule has 4 atom stereocenters. The quantitative estimate of drug-likeness (QED) is 0.0594. The molecule has 1 saturated heterocycles. The van der Waals surface area contributed by atoms with Crippen molar-refractivity contribution in [3.8, 4) is 0 Å². The third kappa shape index (κ3) is 13.4. The van der Waals surface area contributed by atoms with Crippen LogP contribution in [0, 0.1) is 5.92 Å². The molecule has 4 heterocycles. The monoisotopic (exact) mass is 910 g/mol. The van der Waals surface area contributed by atoms with E-state index in [1.54, 1.807) is 18.0 Å². The number of methoxy groups -OCH3 is 1. The van der Waals surface area contributed by atoms with Gasteiger partial charge >= 0.3 is 11.9 Å². The molecule has 3 aromatic heterocycles. The van der Waals surface area contributed by atoms with Gasteiger partial charge in [-0.2, -0.15) is 4.98 Å². The van der Waals surface area contributed by atoms with Crippen molar-refractivity contribution in [2.75, 3.05) is 83.9 Å². The first kappa shape index (κ1) is 48.2. The number of aliphatic carboxylic acids is 2. The molecule has 350 valence electrons. The molecule has 4 unspecified atom stereocenters. The number of thioether (sulfide) groups is 1. The van der Waals surface area contributed by atoms with Gasteiger partial charge in [0.15, 0.2) is 5.82 Å². The fourth-order valence-electron chi connectivity index (χ4n) is 7.72. The predicted molar refractivity (Wildman–Crippen MR) is 239 cm³/mol. The van der Waals surface area contributed by atoms with Gasteiger partial charge in [0, 0.05) is 63.2 Å². The number of fused-ring (bicyclic) bond motifs is 1.